The molecule has 33 heavy (non-hydrogen) atoms. The summed E-state index contributed by atoms with van der Waals surface area (Å²) >= 11 is 0. The Bertz CT molecular complexity index is 1140. The highest BCUT2D eigenvalue weighted by molar-refractivity contribution is 7.89. The SMILES string of the molecule is Cc1ccc(N2C(=O)CN(S(=O)(=O)c3ccc(C)cc3)C[C@@]2(C)C(=O)NC2CCCC2)cc1. The van der Waals surface area contributed by atoms with E-state index < -0.39 is 21.5 Å². The molecule has 1 atom stereocenters. The van der Waals surface area contributed by atoms with Gasteiger partial charge in [0, 0.05) is 18.3 Å². The normalized spacial score (nSPS) is 22.5. The highest BCUT2D eigenvalue weighted by Crippen LogP contribution is 2.33. The fourth-order valence-electron chi connectivity index (χ4n) is 4.70. The number of nitrogens with zero attached hydrogens (tertiary/aromatic N) is 2. The molecule has 2 aromatic carbocycles. The second-order valence-corrected chi connectivity index (χ2v) is 11.3. The molecule has 7 nitrogen and oxygen atoms in total. The van der Waals surface area contributed by atoms with Crippen LogP contribution in [0, 0.1) is 13.8 Å². The molecule has 176 valence electrons. The Morgan fingerprint density at radius 2 is 1.52 bits per heavy atom. The van der Waals surface area contributed by atoms with Gasteiger partial charge in [0.05, 0.1) is 11.4 Å². The fraction of sp³-hybridized carbons (Fsp3) is 0.440. The quantitative estimate of drug-likeness (QED) is 0.729. The fourth-order valence-corrected chi connectivity index (χ4v) is 6.18. The van der Waals surface area contributed by atoms with Crippen molar-refractivity contribution < 1.29 is 18.0 Å². The van der Waals surface area contributed by atoms with Crippen LogP contribution in [-0.2, 0) is 19.6 Å². The van der Waals surface area contributed by atoms with Crippen LogP contribution in [0.4, 0.5) is 5.69 Å². The lowest BCUT2D eigenvalue weighted by Crippen LogP contribution is -2.70. The van der Waals surface area contributed by atoms with E-state index >= 15 is 0 Å². The number of rotatable bonds is 5. The minimum absolute atomic E-state index is 0.0494. The van der Waals surface area contributed by atoms with Crippen molar-refractivity contribution in [2.24, 2.45) is 0 Å². The number of nitrogens with one attached hydrogen (secondary N) is 1. The molecule has 1 heterocycles. The van der Waals surface area contributed by atoms with Gasteiger partial charge in [-0.25, -0.2) is 8.42 Å². The number of hydrogen-bond donors (Lipinski definition) is 1. The first-order valence-corrected chi connectivity index (χ1v) is 12.8. The van der Waals surface area contributed by atoms with Gasteiger partial charge in [0.25, 0.3) is 0 Å². The number of carbonyl (C=O) groups excluding carboxylic acids is 2. The van der Waals surface area contributed by atoms with Crippen molar-refractivity contribution in [3.8, 4) is 0 Å². The zero-order valence-electron chi connectivity index (χ0n) is 19.4. The van der Waals surface area contributed by atoms with Crippen LogP contribution in [0.3, 0.4) is 0 Å². The molecule has 0 spiro atoms. The third kappa shape index (κ3) is 4.54. The lowest BCUT2D eigenvalue weighted by molar-refractivity contribution is -0.133. The van der Waals surface area contributed by atoms with Crippen molar-refractivity contribution >= 4 is 27.5 Å². The van der Waals surface area contributed by atoms with E-state index in [-0.39, 0.29) is 29.9 Å². The standard InChI is InChI=1S/C25H31N3O4S/c1-18-8-12-21(13-9-18)28-23(29)16-27(33(31,32)22-14-10-19(2)11-15-22)17-25(28,3)24(30)26-20-6-4-5-7-20/h8-15,20H,4-7,16-17H2,1-3H3,(H,26,30)/t25-/m0/s1. The molecule has 2 aliphatic rings. The van der Waals surface area contributed by atoms with Crippen LogP contribution >= 0.6 is 0 Å². The van der Waals surface area contributed by atoms with Crippen LogP contribution in [0.1, 0.15) is 43.7 Å². The number of sulfonamides is 1. The monoisotopic (exact) mass is 469 g/mol. The van der Waals surface area contributed by atoms with Crippen LogP contribution in [0.2, 0.25) is 0 Å². The van der Waals surface area contributed by atoms with E-state index in [1.807, 2.05) is 26.0 Å². The van der Waals surface area contributed by atoms with Crippen LogP contribution in [0.25, 0.3) is 0 Å². The number of piperazine rings is 1. The summed E-state index contributed by atoms with van der Waals surface area (Å²) in [4.78, 5) is 28.6. The summed E-state index contributed by atoms with van der Waals surface area (Å²) in [5, 5.41) is 3.09. The highest BCUT2D eigenvalue weighted by atomic mass is 32.2. The molecule has 4 rings (SSSR count). The van der Waals surface area contributed by atoms with Crippen molar-refractivity contribution in [1.82, 2.24) is 9.62 Å². The Labute approximate surface area is 195 Å². The van der Waals surface area contributed by atoms with E-state index in [4.69, 9.17) is 0 Å². The number of amides is 2. The number of benzene rings is 2. The summed E-state index contributed by atoms with van der Waals surface area (Å²) in [5.41, 5.74) is 1.17. The van der Waals surface area contributed by atoms with Crippen LogP contribution in [-0.4, -0.2) is 49.2 Å². The van der Waals surface area contributed by atoms with Crippen LogP contribution in [0.15, 0.2) is 53.4 Å². The van der Waals surface area contributed by atoms with Crippen molar-refractivity contribution in [3.63, 3.8) is 0 Å². The van der Waals surface area contributed by atoms with E-state index in [9.17, 15) is 18.0 Å². The summed E-state index contributed by atoms with van der Waals surface area (Å²) in [5.74, 6) is -0.753. The maximum atomic E-state index is 13.6. The minimum Gasteiger partial charge on any atom is -0.351 e. The maximum absolute atomic E-state index is 13.6. The largest absolute Gasteiger partial charge is 0.351 e. The summed E-state index contributed by atoms with van der Waals surface area (Å²) in [6.07, 6.45) is 3.89. The molecule has 0 bridgehead atoms. The molecule has 2 aromatic rings. The summed E-state index contributed by atoms with van der Waals surface area (Å²) < 4.78 is 28.0. The Balaban J connectivity index is 1.72. The predicted molar refractivity (Wildman–Crippen MR) is 127 cm³/mol. The highest BCUT2D eigenvalue weighted by Gasteiger charge is 2.51. The lowest BCUT2D eigenvalue weighted by Gasteiger charge is -2.47. The molecule has 1 N–H and O–H groups in total. The molecular weight excluding hydrogens is 438 g/mol. The number of anilines is 1. The summed E-state index contributed by atoms with van der Waals surface area (Å²) in [6.45, 7) is 5.04. The third-order valence-corrected chi connectivity index (χ3v) is 8.48. The average Bonchev–Trinajstić information content (AvgIpc) is 3.28. The van der Waals surface area contributed by atoms with E-state index in [1.165, 1.54) is 17.0 Å². The van der Waals surface area contributed by atoms with Crippen molar-refractivity contribution in [1.29, 1.82) is 0 Å². The molecule has 0 unspecified atom stereocenters. The first-order valence-electron chi connectivity index (χ1n) is 11.4. The lowest BCUT2D eigenvalue weighted by atomic mass is 9.93. The third-order valence-electron chi connectivity index (χ3n) is 6.67. The second-order valence-electron chi connectivity index (χ2n) is 9.38. The zero-order valence-corrected chi connectivity index (χ0v) is 20.2. The van der Waals surface area contributed by atoms with Gasteiger partial charge >= 0.3 is 0 Å². The van der Waals surface area contributed by atoms with Crippen molar-refractivity contribution in [3.05, 3.63) is 59.7 Å². The van der Waals surface area contributed by atoms with Gasteiger partial charge in [-0.05, 0) is 57.9 Å². The molecule has 1 saturated carbocycles. The maximum Gasteiger partial charge on any atom is 0.247 e. The van der Waals surface area contributed by atoms with Gasteiger partial charge in [-0.1, -0.05) is 48.2 Å². The molecule has 0 aromatic heterocycles. The van der Waals surface area contributed by atoms with E-state index in [0.29, 0.717) is 5.69 Å². The average molecular weight is 470 g/mol. The Morgan fingerprint density at radius 3 is 2.09 bits per heavy atom. The smallest absolute Gasteiger partial charge is 0.247 e. The van der Waals surface area contributed by atoms with Gasteiger partial charge in [-0.3, -0.25) is 14.5 Å². The van der Waals surface area contributed by atoms with Gasteiger partial charge < -0.3 is 5.32 Å². The molecule has 1 aliphatic heterocycles. The van der Waals surface area contributed by atoms with E-state index in [1.54, 1.807) is 31.2 Å². The predicted octanol–water partition coefficient (Wildman–Crippen LogP) is 3.16. The van der Waals surface area contributed by atoms with Gasteiger partial charge in [0.1, 0.15) is 5.54 Å². The van der Waals surface area contributed by atoms with Gasteiger partial charge in [-0.2, -0.15) is 4.31 Å². The summed E-state index contributed by atoms with van der Waals surface area (Å²) in [7, 11) is -3.95. The van der Waals surface area contributed by atoms with E-state index in [0.717, 1.165) is 41.1 Å². The molecule has 1 aliphatic carbocycles. The van der Waals surface area contributed by atoms with Crippen LogP contribution in [0.5, 0.6) is 0 Å². The minimum atomic E-state index is -3.95. The zero-order chi connectivity index (χ0) is 23.8. The first kappa shape index (κ1) is 23.4. The molecule has 2 amide bonds. The van der Waals surface area contributed by atoms with Crippen molar-refractivity contribution in [2.45, 2.75) is 62.9 Å². The Morgan fingerprint density at radius 1 is 0.970 bits per heavy atom. The topological polar surface area (TPSA) is 86.8 Å². The molecule has 2 fully saturated rings. The van der Waals surface area contributed by atoms with Crippen LogP contribution < -0.4 is 10.2 Å². The number of hydrogen-bond acceptors (Lipinski definition) is 4. The number of aryl methyl sites for hydroxylation is 2. The summed E-state index contributed by atoms with van der Waals surface area (Å²) in [6, 6.07) is 14.0. The molecule has 1 saturated heterocycles. The van der Waals surface area contributed by atoms with Gasteiger partial charge in [-0.15, -0.1) is 0 Å². The Hall–Kier alpha value is -2.71. The number of carbonyl (C=O) groups is 2. The molecule has 8 heteroatoms. The molecular formula is C25H31N3O4S. The molecule has 0 radical (unpaired) electrons. The van der Waals surface area contributed by atoms with E-state index in [2.05, 4.69) is 5.32 Å². The first-order chi connectivity index (χ1) is 15.6. The van der Waals surface area contributed by atoms with Gasteiger partial charge in [0.15, 0.2) is 0 Å². The second kappa shape index (κ2) is 8.91. The van der Waals surface area contributed by atoms with Crippen molar-refractivity contribution in [2.75, 3.05) is 18.0 Å². The van der Waals surface area contributed by atoms with Gasteiger partial charge in [0.2, 0.25) is 21.8 Å². The Kier molecular flexibility index (Phi) is 6.33.